The lowest BCUT2D eigenvalue weighted by molar-refractivity contribution is -0.146. The molecule has 1 aliphatic heterocycles. The molecule has 1 fully saturated rings. The normalized spacial score (nSPS) is 23.6. The predicted molar refractivity (Wildman–Crippen MR) is 82.4 cm³/mol. The third-order valence-corrected chi connectivity index (χ3v) is 4.98. The van der Waals surface area contributed by atoms with Gasteiger partial charge in [-0.3, -0.25) is 4.79 Å². The molecule has 4 nitrogen and oxygen atoms in total. The predicted octanol–water partition coefficient (Wildman–Crippen LogP) is 1.60. The highest BCUT2D eigenvalue weighted by Crippen LogP contribution is 2.32. The molecule has 0 spiro atoms. The van der Waals surface area contributed by atoms with E-state index in [1.807, 2.05) is 0 Å². The lowest BCUT2D eigenvalue weighted by atomic mass is 9.90. The zero-order valence-corrected chi connectivity index (χ0v) is 12.7. The summed E-state index contributed by atoms with van der Waals surface area (Å²) in [4.78, 5) is 12.6. The molecule has 4 heteroatoms. The molecule has 0 saturated carbocycles. The highest BCUT2D eigenvalue weighted by Gasteiger charge is 2.39. The third kappa shape index (κ3) is 2.83. The van der Waals surface area contributed by atoms with Crippen LogP contribution in [0.1, 0.15) is 36.3 Å². The number of benzene rings is 1. The summed E-state index contributed by atoms with van der Waals surface area (Å²) >= 11 is 0. The quantitative estimate of drug-likeness (QED) is 0.885. The van der Waals surface area contributed by atoms with Gasteiger partial charge in [-0.15, -0.1) is 0 Å². The van der Waals surface area contributed by atoms with E-state index in [4.69, 9.17) is 4.74 Å². The average Bonchev–Trinajstić information content (AvgIpc) is 2.96. The van der Waals surface area contributed by atoms with Crippen LogP contribution in [0, 0.1) is 0 Å². The highest BCUT2D eigenvalue weighted by atomic mass is 16.5. The number of aryl methyl sites for hydroxylation is 1. The van der Waals surface area contributed by atoms with E-state index >= 15 is 0 Å². The number of hydrogen-bond donors (Lipinski definition) is 2. The number of nitrogens with one attached hydrogen (secondary N) is 2. The molecule has 1 aliphatic carbocycles. The van der Waals surface area contributed by atoms with Crippen molar-refractivity contribution < 1.29 is 9.53 Å². The van der Waals surface area contributed by atoms with Crippen molar-refractivity contribution in [3.63, 3.8) is 0 Å². The zero-order valence-electron chi connectivity index (χ0n) is 12.7. The van der Waals surface area contributed by atoms with Crippen molar-refractivity contribution in [2.24, 2.45) is 0 Å². The molecule has 1 heterocycles. The number of fused-ring (bicyclic) bond motifs is 1. The maximum atomic E-state index is 12.6. The second kappa shape index (κ2) is 6.16. The van der Waals surface area contributed by atoms with Crippen molar-refractivity contribution in [3.05, 3.63) is 35.4 Å². The molecule has 1 aromatic carbocycles. The number of carbonyl (C=O) groups is 1. The molecule has 2 N–H and O–H groups in total. The van der Waals surface area contributed by atoms with Gasteiger partial charge in [0, 0.05) is 19.6 Å². The second-order valence-corrected chi connectivity index (χ2v) is 6.09. The molecule has 0 aromatic heterocycles. The second-order valence-electron chi connectivity index (χ2n) is 6.09. The van der Waals surface area contributed by atoms with Gasteiger partial charge >= 0.3 is 0 Å². The van der Waals surface area contributed by atoms with Gasteiger partial charge in [-0.05, 0) is 49.9 Å². The Morgan fingerprint density at radius 3 is 2.90 bits per heavy atom. The van der Waals surface area contributed by atoms with E-state index in [-0.39, 0.29) is 5.91 Å². The van der Waals surface area contributed by atoms with Crippen LogP contribution in [-0.4, -0.2) is 38.3 Å². The first-order valence-corrected chi connectivity index (χ1v) is 7.87. The van der Waals surface area contributed by atoms with E-state index in [0.29, 0.717) is 12.5 Å². The van der Waals surface area contributed by atoms with Crippen molar-refractivity contribution >= 4 is 5.91 Å². The van der Waals surface area contributed by atoms with E-state index in [9.17, 15) is 4.79 Å². The molecule has 1 amide bonds. The zero-order chi connectivity index (χ0) is 14.7. The van der Waals surface area contributed by atoms with Crippen LogP contribution in [0.4, 0.5) is 0 Å². The summed E-state index contributed by atoms with van der Waals surface area (Å²) in [6, 6.07) is 8.56. The number of ether oxygens (including phenoxy) is 1. The number of carbonyl (C=O) groups excluding carboxylic acids is 1. The van der Waals surface area contributed by atoms with E-state index in [1.165, 1.54) is 11.1 Å². The molecule has 114 valence electrons. The van der Waals surface area contributed by atoms with Crippen molar-refractivity contribution in [1.29, 1.82) is 0 Å². The standard InChI is InChI=1S/C17H24N2O2/c1-21-17(8-10-18-11-9-17)16(20)19-12-14-7-6-13-4-2-3-5-15(13)14/h2-5,14,18H,6-12H2,1H3,(H,19,20). The van der Waals surface area contributed by atoms with E-state index in [1.54, 1.807) is 7.11 Å². The Hall–Kier alpha value is -1.39. The van der Waals surface area contributed by atoms with Crippen LogP contribution in [-0.2, 0) is 16.0 Å². The van der Waals surface area contributed by atoms with Gasteiger partial charge < -0.3 is 15.4 Å². The van der Waals surface area contributed by atoms with Gasteiger partial charge in [0.15, 0.2) is 0 Å². The number of methoxy groups -OCH3 is 1. The molecule has 1 aromatic rings. The highest BCUT2D eigenvalue weighted by molar-refractivity contribution is 5.85. The molecule has 3 rings (SSSR count). The number of rotatable bonds is 4. The van der Waals surface area contributed by atoms with Crippen LogP contribution in [0.2, 0.25) is 0 Å². The number of hydrogen-bond acceptors (Lipinski definition) is 3. The third-order valence-electron chi connectivity index (χ3n) is 4.98. The molecular formula is C17H24N2O2. The molecule has 2 aliphatic rings. The summed E-state index contributed by atoms with van der Waals surface area (Å²) in [7, 11) is 1.65. The van der Waals surface area contributed by atoms with Gasteiger partial charge in [-0.1, -0.05) is 24.3 Å². The van der Waals surface area contributed by atoms with Crippen LogP contribution in [0.15, 0.2) is 24.3 Å². The van der Waals surface area contributed by atoms with Crippen LogP contribution < -0.4 is 10.6 Å². The van der Waals surface area contributed by atoms with Gasteiger partial charge in [0.05, 0.1) is 0 Å². The minimum absolute atomic E-state index is 0.0517. The maximum Gasteiger partial charge on any atom is 0.252 e. The summed E-state index contributed by atoms with van der Waals surface area (Å²) < 4.78 is 5.57. The van der Waals surface area contributed by atoms with Gasteiger partial charge in [0.1, 0.15) is 5.60 Å². The minimum Gasteiger partial charge on any atom is -0.368 e. The van der Waals surface area contributed by atoms with Crippen LogP contribution in [0.5, 0.6) is 0 Å². The van der Waals surface area contributed by atoms with Crippen LogP contribution in [0.25, 0.3) is 0 Å². The molecule has 1 atom stereocenters. The first-order chi connectivity index (χ1) is 10.2. The lowest BCUT2D eigenvalue weighted by Crippen LogP contribution is -2.54. The monoisotopic (exact) mass is 288 g/mol. The Morgan fingerprint density at radius 2 is 2.14 bits per heavy atom. The largest absolute Gasteiger partial charge is 0.368 e. The SMILES string of the molecule is COC1(C(=O)NCC2CCc3ccccc32)CCNCC1. The van der Waals surface area contributed by atoms with Crippen LogP contribution in [0.3, 0.4) is 0 Å². The van der Waals surface area contributed by atoms with Gasteiger partial charge in [-0.2, -0.15) is 0 Å². The smallest absolute Gasteiger partial charge is 0.252 e. The molecule has 1 saturated heterocycles. The summed E-state index contributed by atoms with van der Waals surface area (Å²) in [6.45, 7) is 2.40. The van der Waals surface area contributed by atoms with Crippen LogP contribution >= 0.6 is 0 Å². The maximum absolute atomic E-state index is 12.6. The van der Waals surface area contributed by atoms with Gasteiger partial charge in [0.25, 0.3) is 5.91 Å². The molecule has 0 radical (unpaired) electrons. The lowest BCUT2D eigenvalue weighted by Gasteiger charge is -2.35. The van der Waals surface area contributed by atoms with Gasteiger partial charge in [0.2, 0.25) is 0 Å². The molecule has 1 unspecified atom stereocenters. The fourth-order valence-corrected chi connectivity index (χ4v) is 3.59. The fourth-order valence-electron chi connectivity index (χ4n) is 3.59. The van der Waals surface area contributed by atoms with Gasteiger partial charge in [-0.25, -0.2) is 0 Å². The number of piperidine rings is 1. The van der Waals surface area contributed by atoms with Crippen molar-refractivity contribution in [1.82, 2.24) is 10.6 Å². The Bertz CT molecular complexity index is 509. The van der Waals surface area contributed by atoms with E-state index in [2.05, 4.69) is 34.9 Å². The van der Waals surface area contributed by atoms with Crippen molar-refractivity contribution in [2.45, 2.75) is 37.2 Å². The Morgan fingerprint density at radius 1 is 1.38 bits per heavy atom. The van der Waals surface area contributed by atoms with E-state index in [0.717, 1.165) is 38.8 Å². The number of amides is 1. The van der Waals surface area contributed by atoms with Crippen molar-refractivity contribution in [3.8, 4) is 0 Å². The molecule has 21 heavy (non-hydrogen) atoms. The van der Waals surface area contributed by atoms with E-state index < -0.39 is 5.60 Å². The Labute approximate surface area is 126 Å². The summed E-state index contributed by atoms with van der Waals surface area (Å²) in [5, 5.41) is 6.41. The summed E-state index contributed by atoms with van der Waals surface area (Å²) in [5.41, 5.74) is 2.19. The average molecular weight is 288 g/mol. The summed E-state index contributed by atoms with van der Waals surface area (Å²) in [5.74, 6) is 0.497. The molecular weight excluding hydrogens is 264 g/mol. The fraction of sp³-hybridized carbons (Fsp3) is 0.588. The Kier molecular flexibility index (Phi) is 4.27. The first-order valence-electron chi connectivity index (χ1n) is 7.87. The minimum atomic E-state index is -0.636. The molecule has 0 bridgehead atoms. The summed E-state index contributed by atoms with van der Waals surface area (Å²) in [6.07, 6.45) is 3.74. The topological polar surface area (TPSA) is 50.4 Å². The first kappa shape index (κ1) is 14.5. The Balaban J connectivity index is 1.61. The van der Waals surface area contributed by atoms with Crippen molar-refractivity contribution in [2.75, 3.05) is 26.7 Å².